The van der Waals surface area contributed by atoms with Crippen molar-refractivity contribution in [3.63, 3.8) is 0 Å². The number of nitrogens with one attached hydrogen (secondary N) is 2. The molecule has 0 aliphatic carbocycles. The summed E-state index contributed by atoms with van der Waals surface area (Å²) in [6, 6.07) is 11.6. The molecule has 2 aromatic heterocycles. The zero-order chi connectivity index (χ0) is 34.6. The molecule has 1 unspecified atom stereocenters. The molecule has 2 N–H and O–H groups in total. The zero-order valence-corrected chi connectivity index (χ0v) is 28.4. The van der Waals surface area contributed by atoms with Gasteiger partial charge < -0.3 is 14.2 Å². The van der Waals surface area contributed by atoms with E-state index in [1.807, 2.05) is 91.8 Å². The predicted octanol–water partition coefficient (Wildman–Crippen LogP) is 5.72. The highest BCUT2D eigenvalue weighted by Gasteiger charge is 2.28. The summed E-state index contributed by atoms with van der Waals surface area (Å²) in [4.78, 5) is 53.7. The Kier molecular flexibility index (Phi) is 10.9. The minimum absolute atomic E-state index is 0.00444. The van der Waals surface area contributed by atoms with Gasteiger partial charge in [-0.25, -0.2) is 9.59 Å². The SMILES string of the molecule is C=CCn1c(Oc2cc(C)cc(C)c2)c(C(C)C)c(=O)[nH]c1=O.Cc1cc(C)cc(Oc2c(C(C)C)c(=O)[nH]c(=O)n2CC2CO2)c1. The molecule has 1 saturated heterocycles. The highest BCUT2D eigenvalue weighted by atomic mass is 16.6. The summed E-state index contributed by atoms with van der Waals surface area (Å²) < 4.78 is 20.1. The van der Waals surface area contributed by atoms with Crippen molar-refractivity contribution in [1.82, 2.24) is 19.1 Å². The Labute approximate surface area is 273 Å². The van der Waals surface area contributed by atoms with Gasteiger partial charge in [-0.15, -0.1) is 6.58 Å². The topological polar surface area (TPSA) is 141 Å². The number of hydrogen-bond donors (Lipinski definition) is 2. The Balaban J connectivity index is 0.000000213. The van der Waals surface area contributed by atoms with Crippen molar-refractivity contribution < 1.29 is 14.2 Å². The Morgan fingerprint density at radius 3 is 1.49 bits per heavy atom. The number of H-pyrrole nitrogens is 2. The minimum atomic E-state index is -0.501. The van der Waals surface area contributed by atoms with Gasteiger partial charge in [-0.2, -0.15) is 0 Å². The maximum atomic E-state index is 12.3. The van der Waals surface area contributed by atoms with Crippen LogP contribution in [0.4, 0.5) is 0 Å². The monoisotopic (exact) mass is 644 g/mol. The lowest BCUT2D eigenvalue weighted by Crippen LogP contribution is -2.34. The molecule has 1 fully saturated rings. The normalized spacial score (nSPS) is 13.7. The van der Waals surface area contributed by atoms with Crippen LogP contribution in [0, 0.1) is 27.7 Å². The third-order valence-electron chi connectivity index (χ3n) is 7.45. The first kappa shape index (κ1) is 35.0. The molecular formula is C36H44N4O7. The lowest BCUT2D eigenvalue weighted by Gasteiger charge is -2.18. The van der Waals surface area contributed by atoms with Gasteiger partial charge in [0, 0.05) is 6.54 Å². The van der Waals surface area contributed by atoms with Gasteiger partial charge >= 0.3 is 11.4 Å². The maximum absolute atomic E-state index is 12.3. The van der Waals surface area contributed by atoms with E-state index in [0.717, 1.165) is 22.3 Å². The van der Waals surface area contributed by atoms with Crippen LogP contribution in [0.5, 0.6) is 23.3 Å². The molecule has 1 aliphatic heterocycles. The zero-order valence-electron chi connectivity index (χ0n) is 28.4. The number of benzene rings is 2. The van der Waals surface area contributed by atoms with Crippen molar-refractivity contribution >= 4 is 0 Å². The molecule has 0 spiro atoms. The van der Waals surface area contributed by atoms with Crippen molar-refractivity contribution in [2.45, 2.75) is 86.4 Å². The fourth-order valence-electron chi connectivity index (χ4n) is 5.42. The number of aryl methyl sites for hydroxylation is 4. The smallest absolute Gasteiger partial charge is 0.331 e. The van der Waals surface area contributed by atoms with Gasteiger partial charge in [-0.05, 0) is 86.1 Å². The predicted molar refractivity (Wildman–Crippen MR) is 183 cm³/mol. The third kappa shape index (κ3) is 8.68. The molecule has 0 saturated carbocycles. The molecule has 2 aromatic carbocycles. The Bertz CT molecular complexity index is 1970. The van der Waals surface area contributed by atoms with Crippen LogP contribution in [0.15, 0.2) is 68.2 Å². The molecule has 0 radical (unpaired) electrons. The number of hydrogen-bond acceptors (Lipinski definition) is 7. The number of allylic oxidation sites excluding steroid dienone is 1. The maximum Gasteiger partial charge on any atom is 0.331 e. The molecule has 3 heterocycles. The molecule has 11 nitrogen and oxygen atoms in total. The number of epoxide rings is 1. The van der Waals surface area contributed by atoms with Crippen LogP contribution in [-0.2, 0) is 17.8 Å². The minimum Gasteiger partial charge on any atom is -0.440 e. The van der Waals surface area contributed by atoms with Gasteiger partial charge in [0.25, 0.3) is 11.1 Å². The van der Waals surface area contributed by atoms with Crippen molar-refractivity contribution in [3.8, 4) is 23.3 Å². The fourth-order valence-corrected chi connectivity index (χ4v) is 5.42. The molecule has 250 valence electrons. The molecule has 47 heavy (non-hydrogen) atoms. The van der Waals surface area contributed by atoms with Gasteiger partial charge in [0.15, 0.2) is 0 Å². The number of ether oxygens (including phenoxy) is 3. The number of aromatic nitrogens is 4. The van der Waals surface area contributed by atoms with Crippen molar-refractivity contribution in [2.75, 3.05) is 6.61 Å². The number of nitrogens with zero attached hydrogens (tertiary/aromatic N) is 2. The molecule has 0 amide bonds. The van der Waals surface area contributed by atoms with E-state index >= 15 is 0 Å². The lowest BCUT2D eigenvalue weighted by atomic mass is 10.1. The van der Waals surface area contributed by atoms with E-state index in [-0.39, 0.29) is 30.4 Å². The summed E-state index contributed by atoms with van der Waals surface area (Å²) in [6.45, 7) is 20.4. The number of aromatic amines is 2. The quantitative estimate of drug-likeness (QED) is 0.166. The van der Waals surface area contributed by atoms with Crippen LogP contribution < -0.4 is 32.0 Å². The highest BCUT2D eigenvalue weighted by Crippen LogP contribution is 2.30. The second-order valence-corrected chi connectivity index (χ2v) is 12.6. The van der Waals surface area contributed by atoms with Crippen LogP contribution in [-0.4, -0.2) is 31.8 Å². The van der Waals surface area contributed by atoms with Crippen LogP contribution in [0.3, 0.4) is 0 Å². The van der Waals surface area contributed by atoms with Gasteiger partial charge in [0.05, 0.1) is 30.4 Å². The summed E-state index contributed by atoms with van der Waals surface area (Å²) >= 11 is 0. The molecule has 1 aliphatic rings. The standard InChI is InChI=1S/C18H22N2O4.C18H22N2O3/c1-10(2)15-16(21)19-18(22)20(8-14-9-23-14)17(15)24-13-6-11(3)5-12(4)7-13;1-6-7-20-17(15(11(2)3)16(21)19-18(20)22)23-14-9-12(4)8-13(5)10-14/h5-7,10,14H,8-9H2,1-4H3,(H,19,21,22);6,8-11H,1,7H2,2-5H3,(H,19,21,22). The second-order valence-electron chi connectivity index (χ2n) is 12.6. The van der Waals surface area contributed by atoms with Crippen molar-refractivity contribution in [2.24, 2.45) is 0 Å². The van der Waals surface area contributed by atoms with Crippen LogP contribution in [0.2, 0.25) is 0 Å². The number of rotatable bonds is 10. The summed E-state index contributed by atoms with van der Waals surface area (Å²) in [5.74, 6) is 1.63. The van der Waals surface area contributed by atoms with Crippen LogP contribution in [0.1, 0.15) is 72.9 Å². The van der Waals surface area contributed by atoms with E-state index in [4.69, 9.17) is 14.2 Å². The average molecular weight is 645 g/mol. The van der Waals surface area contributed by atoms with Crippen molar-refractivity contribution in [3.05, 3.63) is 124 Å². The van der Waals surface area contributed by atoms with E-state index in [9.17, 15) is 19.2 Å². The lowest BCUT2D eigenvalue weighted by molar-refractivity contribution is 0.348. The molecule has 0 bridgehead atoms. The largest absolute Gasteiger partial charge is 0.440 e. The average Bonchev–Trinajstić information content (AvgIpc) is 3.76. The van der Waals surface area contributed by atoms with Gasteiger partial charge in [0.1, 0.15) is 11.5 Å². The van der Waals surface area contributed by atoms with Crippen LogP contribution in [0.25, 0.3) is 0 Å². The Hall–Kier alpha value is -4.90. The van der Waals surface area contributed by atoms with E-state index in [0.29, 0.717) is 41.7 Å². The highest BCUT2D eigenvalue weighted by molar-refractivity contribution is 5.39. The summed E-state index contributed by atoms with van der Waals surface area (Å²) in [5.41, 5.74) is 3.34. The molecule has 4 aromatic rings. The molecular weight excluding hydrogens is 600 g/mol. The van der Waals surface area contributed by atoms with E-state index < -0.39 is 22.5 Å². The van der Waals surface area contributed by atoms with Crippen LogP contribution >= 0.6 is 0 Å². The fraction of sp³-hybridized carbons (Fsp3) is 0.389. The first-order valence-electron chi connectivity index (χ1n) is 15.7. The molecule has 5 rings (SSSR count). The van der Waals surface area contributed by atoms with Gasteiger partial charge in [-0.3, -0.25) is 28.7 Å². The Morgan fingerprint density at radius 1 is 0.745 bits per heavy atom. The first-order chi connectivity index (χ1) is 22.2. The van der Waals surface area contributed by atoms with E-state index in [1.165, 1.54) is 9.13 Å². The first-order valence-corrected chi connectivity index (χ1v) is 15.7. The van der Waals surface area contributed by atoms with Crippen molar-refractivity contribution in [1.29, 1.82) is 0 Å². The van der Waals surface area contributed by atoms with E-state index in [2.05, 4.69) is 16.5 Å². The van der Waals surface area contributed by atoms with E-state index in [1.54, 1.807) is 6.08 Å². The van der Waals surface area contributed by atoms with Gasteiger partial charge in [-0.1, -0.05) is 45.9 Å². The molecule has 1 atom stereocenters. The summed E-state index contributed by atoms with van der Waals surface area (Å²) in [6.07, 6.45) is 1.59. The Morgan fingerprint density at radius 2 is 1.13 bits per heavy atom. The molecule has 11 heteroatoms. The summed E-state index contributed by atoms with van der Waals surface area (Å²) in [7, 11) is 0. The summed E-state index contributed by atoms with van der Waals surface area (Å²) in [5, 5.41) is 0. The van der Waals surface area contributed by atoms with Gasteiger partial charge in [0.2, 0.25) is 11.8 Å². The third-order valence-corrected chi connectivity index (χ3v) is 7.45. The second kappa shape index (κ2) is 14.7.